The maximum atomic E-state index is 13.1. The number of carbonyl (C=O) groups is 2. The van der Waals surface area contributed by atoms with E-state index in [0.29, 0.717) is 34.8 Å². The predicted octanol–water partition coefficient (Wildman–Crippen LogP) is 4.76. The van der Waals surface area contributed by atoms with E-state index in [2.05, 4.69) is 20.6 Å². The predicted molar refractivity (Wildman–Crippen MR) is 126 cm³/mol. The number of hydrogen-bond acceptors (Lipinski definition) is 5. The minimum absolute atomic E-state index is 0.207. The molecule has 2 aromatic carbocycles. The van der Waals surface area contributed by atoms with Crippen LogP contribution >= 0.6 is 11.3 Å². The van der Waals surface area contributed by atoms with E-state index in [1.54, 1.807) is 49.6 Å². The fourth-order valence-corrected chi connectivity index (χ4v) is 4.26. The maximum absolute atomic E-state index is 13.1. The van der Waals surface area contributed by atoms with Crippen LogP contribution < -0.4 is 10.6 Å². The summed E-state index contributed by atoms with van der Waals surface area (Å²) < 4.78 is 13.1. The van der Waals surface area contributed by atoms with E-state index in [4.69, 9.17) is 0 Å². The molecule has 0 spiro atoms. The Morgan fingerprint density at radius 3 is 2.48 bits per heavy atom. The van der Waals surface area contributed by atoms with Crippen molar-refractivity contribution in [1.82, 2.24) is 15.3 Å². The number of amides is 2. The summed E-state index contributed by atoms with van der Waals surface area (Å²) in [6.07, 6.45) is 3.67. The Labute approximate surface area is 194 Å². The normalized spacial score (nSPS) is 10.6. The molecule has 0 saturated carbocycles. The van der Waals surface area contributed by atoms with Gasteiger partial charge in [0.2, 0.25) is 0 Å². The Bertz CT molecular complexity index is 1270. The zero-order valence-corrected chi connectivity index (χ0v) is 18.7. The summed E-state index contributed by atoms with van der Waals surface area (Å²) in [5.41, 5.74) is 3.60. The number of aromatic nitrogens is 2. The first-order valence-electron chi connectivity index (χ1n) is 10.3. The van der Waals surface area contributed by atoms with E-state index in [1.165, 1.54) is 23.5 Å². The van der Waals surface area contributed by atoms with E-state index in [0.717, 1.165) is 16.1 Å². The first-order valence-corrected chi connectivity index (χ1v) is 11.1. The smallest absolute Gasteiger partial charge is 0.263 e. The molecule has 0 aliphatic heterocycles. The lowest BCUT2D eigenvalue weighted by atomic mass is 10.1. The van der Waals surface area contributed by atoms with Gasteiger partial charge in [-0.2, -0.15) is 0 Å². The maximum Gasteiger partial charge on any atom is 0.263 e. The molecule has 2 aromatic heterocycles. The van der Waals surface area contributed by atoms with Crippen molar-refractivity contribution in [2.75, 3.05) is 5.32 Å². The zero-order valence-electron chi connectivity index (χ0n) is 17.8. The Balaban J connectivity index is 1.37. The molecule has 33 heavy (non-hydrogen) atoms. The minimum atomic E-state index is -0.282. The number of aryl methyl sites for hydroxylation is 1. The van der Waals surface area contributed by atoms with Gasteiger partial charge in [0, 0.05) is 36.6 Å². The summed E-state index contributed by atoms with van der Waals surface area (Å²) in [5.74, 6) is -0.718. The monoisotopic (exact) mass is 460 g/mol. The number of halogens is 1. The molecule has 2 heterocycles. The van der Waals surface area contributed by atoms with Crippen molar-refractivity contribution < 1.29 is 14.0 Å². The average molecular weight is 461 g/mol. The van der Waals surface area contributed by atoms with Crippen LogP contribution in [0, 0.1) is 12.7 Å². The molecule has 4 aromatic rings. The number of nitrogens with zero attached hydrogens (tertiary/aromatic N) is 2. The van der Waals surface area contributed by atoms with Gasteiger partial charge in [-0.1, -0.05) is 24.3 Å². The van der Waals surface area contributed by atoms with Crippen LogP contribution in [0.2, 0.25) is 0 Å². The highest BCUT2D eigenvalue weighted by molar-refractivity contribution is 7.13. The summed E-state index contributed by atoms with van der Waals surface area (Å²) in [6.45, 7) is 2.11. The highest BCUT2D eigenvalue weighted by atomic mass is 32.1. The summed E-state index contributed by atoms with van der Waals surface area (Å²) in [4.78, 5) is 34.0. The molecule has 4 rings (SSSR count). The fourth-order valence-electron chi connectivity index (χ4n) is 3.24. The standard InChI is InChI=1S/C25H21FN4O2S/c1-16-23(33-22(29-16)14-17-5-7-20(26)8-6-17)25(32)28-15-18-3-2-4-21(13-18)30-24(31)19-9-11-27-12-10-19/h2-13H,14-15H2,1H3,(H,28,32)(H,30,31). The minimum Gasteiger partial charge on any atom is -0.347 e. The molecule has 0 saturated heterocycles. The van der Waals surface area contributed by atoms with E-state index < -0.39 is 0 Å². The van der Waals surface area contributed by atoms with Crippen molar-refractivity contribution in [3.63, 3.8) is 0 Å². The van der Waals surface area contributed by atoms with Crippen molar-refractivity contribution in [3.8, 4) is 0 Å². The molecular formula is C25H21FN4O2S. The van der Waals surface area contributed by atoms with Gasteiger partial charge < -0.3 is 10.6 Å². The van der Waals surface area contributed by atoms with E-state index in [1.807, 2.05) is 18.2 Å². The third-order valence-corrected chi connectivity index (χ3v) is 6.05. The largest absolute Gasteiger partial charge is 0.347 e. The number of pyridine rings is 1. The van der Waals surface area contributed by atoms with Crippen LogP contribution in [-0.4, -0.2) is 21.8 Å². The topological polar surface area (TPSA) is 84.0 Å². The van der Waals surface area contributed by atoms with Crippen LogP contribution in [0.15, 0.2) is 73.1 Å². The summed E-state index contributed by atoms with van der Waals surface area (Å²) >= 11 is 1.33. The number of anilines is 1. The fraction of sp³-hybridized carbons (Fsp3) is 0.120. The molecule has 0 unspecified atom stereocenters. The lowest BCUT2D eigenvalue weighted by Crippen LogP contribution is -2.22. The lowest BCUT2D eigenvalue weighted by molar-refractivity contribution is 0.0953. The van der Waals surface area contributed by atoms with Gasteiger partial charge in [0.05, 0.1) is 10.7 Å². The van der Waals surface area contributed by atoms with Crippen molar-refractivity contribution in [1.29, 1.82) is 0 Å². The first kappa shape index (κ1) is 22.3. The van der Waals surface area contributed by atoms with Gasteiger partial charge in [-0.3, -0.25) is 14.6 Å². The van der Waals surface area contributed by atoms with E-state index >= 15 is 0 Å². The second-order valence-corrected chi connectivity index (χ2v) is 8.48. The van der Waals surface area contributed by atoms with Gasteiger partial charge in [0.25, 0.3) is 11.8 Å². The molecule has 0 aliphatic carbocycles. The summed E-state index contributed by atoms with van der Waals surface area (Å²) in [7, 11) is 0. The van der Waals surface area contributed by atoms with Gasteiger partial charge in [-0.15, -0.1) is 11.3 Å². The van der Waals surface area contributed by atoms with Gasteiger partial charge in [-0.05, 0) is 54.4 Å². The molecule has 0 fully saturated rings. The van der Waals surface area contributed by atoms with Crippen LogP contribution in [0.5, 0.6) is 0 Å². The Hall–Kier alpha value is -3.91. The van der Waals surface area contributed by atoms with Crippen LogP contribution in [0.3, 0.4) is 0 Å². The third kappa shape index (κ3) is 5.87. The quantitative estimate of drug-likeness (QED) is 0.417. The molecule has 6 nitrogen and oxygen atoms in total. The van der Waals surface area contributed by atoms with E-state index in [-0.39, 0.29) is 17.6 Å². The van der Waals surface area contributed by atoms with Crippen molar-refractivity contribution in [3.05, 3.63) is 111 Å². The van der Waals surface area contributed by atoms with E-state index in [9.17, 15) is 14.0 Å². The van der Waals surface area contributed by atoms with Gasteiger partial charge in [-0.25, -0.2) is 9.37 Å². The lowest BCUT2D eigenvalue weighted by Gasteiger charge is -2.08. The van der Waals surface area contributed by atoms with Crippen LogP contribution in [0.1, 0.15) is 41.9 Å². The number of carbonyl (C=O) groups excluding carboxylic acids is 2. The highest BCUT2D eigenvalue weighted by Crippen LogP contribution is 2.21. The van der Waals surface area contributed by atoms with Gasteiger partial charge in [0.15, 0.2) is 0 Å². The zero-order chi connectivity index (χ0) is 23.2. The van der Waals surface area contributed by atoms with Crippen molar-refractivity contribution >= 4 is 28.8 Å². The number of nitrogens with one attached hydrogen (secondary N) is 2. The number of benzene rings is 2. The molecule has 8 heteroatoms. The molecule has 2 amide bonds. The van der Waals surface area contributed by atoms with Crippen molar-refractivity contribution in [2.45, 2.75) is 19.9 Å². The van der Waals surface area contributed by atoms with Gasteiger partial charge in [0.1, 0.15) is 10.7 Å². The SMILES string of the molecule is Cc1nc(Cc2ccc(F)cc2)sc1C(=O)NCc1cccc(NC(=O)c2ccncc2)c1. The molecule has 0 aliphatic rings. The molecule has 0 atom stereocenters. The molecule has 0 radical (unpaired) electrons. The highest BCUT2D eigenvalue weighted by Gasteiger charge is 2.15. The average Bonchev–Trinajstić information content (AvgIpc) is 3.19. The second-order valence-electron chi connectivity index (χ2n) is 7.40. The Morgan fingerprint density at radius 2 is 1.73 bits per heavy atom. The van der Waals surface area contributed by atoms with Crippen LogP contribution in [0.25, 0.3) is 0 Å². The third-order valence-electron chi connectivity index (χ3n) is 4.90. The molecule has 0 bridgehead atoms. The number of thiazole rings is 1. The number of hydrogen-bond donors (Lipinski definition) is 2. The Morgan fingerprint density at radius 1 is 0.970 bits per heavy atom. The van der Waals surface area contributed by atoms with Crippen LogP contribution in [-0.2, 0) is 13.0 Å². The molecule has 166 valence electrons. The van der Waals surface area contributed by atoms with Gasteiger partial charge >= 0.3 is 0 Å². The summed E-state index contributed by atoms with van der Waals surface area (Å²) in [6, 6.07) is 16.8. The molecule has 2 N–H and O–H groups in total. The van der Waals surface area contributed by atoms with Crippen molar-refractivity contribution in [2.24, 2.45) is 0 Å². The Kier molecular flexibility index (Phi) is 6.85. The van der Waals surface area contributed by atoms with Crippen LogP contribution in [0.4, 0.5) is 10.1 Å². The second kappa shape index (κ2) is 10.1. The number of rotatable bonds is 7. The summed E-state index contributed by atoms with van der Waals surface area (Å²) in [5, 5.41) is 6.56. The molecular weight excluding hydrogens is 439 g/mol. The first-order chi connectivity index (χ1) is 16.0.